The molecule has 2 heterocycles. The van der Waals surface area contributed by atoms with Crippen molar-refractivity contribution in [2.24, 2.45) is 0 Å². The molecule has 0 unspecified atom stereocenters. The molecule has 0 amide bonds. The highest BCUT2D eigenvalue weighted by Gasteiger charge is 2.15. The zero-order chi connectivity index (χ0) is 17.4. The highest BCUT2D eigenvalue weighted by Crippen LogP contribution is 2.34. The Morgan fingerprint density at radius 2 is 1.80 bits per heavy atom. The van der Waals surface area contributed by atoms with Crippen LogP contribution in [0.5, 0.6) is 0 Å². The van der Waals surface area contributed by atoms with E-state index in [2.05, 4.69) is 25.1 Å². The molecule has 0 saturated carbocycles. The van der Waals surface area contributed by atoms with Gasteiger partial charge in [0.05, 0.1) is 6.26 Å². The van der Waals surface area contributed by atoms with Crippen LogP contribution in [0.3, 0.4) is 0 Å². The molecule has 3 heteroatoms. The van der Waals surface area contributed by atoms with Gasteiger partial charge in [-0.1, -0.05) is 43.7 Å². The number of aryl methyl sites for hydroxylation is 1. The number of rotatable bonds is 4. The van der Waals surface area contributed by atoms with Gasteiger partial charge < -0.3 is 8.83 Å². The van der Waals surface area contributed by atoms with Crippen LogP contribution < -0.4 is 5.63 Å². The van der Waals surface area contributed by atoms with Crippen LogP contribution in [0.15, 0.2) is 62.4 Å². The van der Waals surface area contributed by atoms with Crippen LogP contribution in [0.2, 0.25) is 0 Å². The summed E-state index contributed by atoms with van der Waals surface area (Å²) in [6.45, 7) is 4.14. The first kappa shape index (κ1) is 15.7. The second-order valence-electron chi connectivity index (χ2n) is 6.46. The highest BCUT2D eigenvalue weighted by atomic mass is 16.4. The van der Waals surface area contributed by atoms with Crippen molar-refractivity contribution in [3.8, 4) is 11.1 Å². The van der Waals surface area contributed by atoms with Crippen LogP contribution >= 0.6 is 0 Å². The Morgan fingerprint density at radius 3 is 2.56 bits per heavy atom. The van der Waals surface area contributed by atoms with Gasteiger partial charge in [-0.15, -0.1) is 0 Å². The number of unbranched alkanes of at least 4 members (excludes halogenated alkanes) is 1. The predicted octanol–water partition coefficient (Wildman–Crippen LogP) is 5.86. The molecule has 0 saturated heterocycles. The van der Waals surface area contributed by atoms with Crippen molar-refractivity contribution in [2.75, 3.05) is 0 Å². The van der Waals surface area contributed by atoms with Crippen LogP contribution in [-0.2, 0) is 6.42 Å². The monoisotopic (exact) mass is 332 g/mol. The van der Waals surface area contributed by atoms with E-state index in [-0.39, 0.29) is 5.63 Å². The van der Waals surface area contributed by atoms with E-state index < -0.39 is 0 Å². The fourth-order valence-corrected chi connectivity index (χ4v) is 3.39. The molecule has 0 aliphatic carbocycles. The van der Waals surface area contributed by atoms with Crippen molar-refractivity contribution in [3.05, 3.63) is 70.3 Å². The van der Waals surface area contributed by atoms with Crippen molar-refractivity contribution >= 4 is 21.9 Å². The largest absolute Gasteiger partial charge is 0.464 e. The summed E-state index contributed by atoms with van der Waals surface area (Å²) < 4.78 is 11.3. The summed E-state index contributed by atoms with van der Waals surface area (Å²) in [7, 11) is 0. The molecular formula is C22H20O3. The molecule has 0 aliphatic rings. The first-order valence-electron chi connectivity index (χ1n) is 8.72. The molecule has 0 radical (unpaired) electrons. The van der Waals surface area contributed by atoms with E-state index in [4.69, 9.17) is 8.83 Å². The minimum absolute atomic E-state index is 0.229. The van der Waals surface area contributed by atoms with Gasteiger partial charge in [-0.05, 0) is 37.0 Å². The molecule has 2 aromatic carbocycles. The van der Waals surface area contributed by atoms with Crippen molar-refractivity contribution in [1.82, 2.24) is 0 Å². The van der Waals surface area contributed by atoms with Crippen LogP contribution in [0.1, 0.15) is 30.9 Å². The zero-order valence-electron chi connectivity index (χ0n) is 14.5. The number of hydrogen-bond acceptors (Lipinski definition) is 3. The molecule has 0 spiro atoms. The minimum Gasteiger partial charge on any atom is -0.464 e. The quantitative estimate of drug-likeness (QED) is 0.440. The molecule has 25 heavy (non-hydrogen) atoms. The summed E-state index contributed by atoms with van der Waals surface area (Å²) in [5.74, 6) is 0. The summed E-state index contributed by atoms with van der Waals surface area (Å²) in [6, 6.07) is 14.1. The Balaban J connectivity index is 1.97. The van der Waals surface area contributed by atoms with Gasteiger partial charge in [0.15, 0.2) is 0 Å². The SMILES string of the molecule is CCCCc1c(C)c2cc3c(-c4ccccc4)coc3cc2oc1=O. The molecule has 126 valence electrons. The van der Waals surface area contributed by atoms with Crippen LogP contribution in [-0.4, -0.2) is 0 Å². The average molecular weight is 332 g/mol. The first-order chi connectivity index (χ1) is 12.2. The highest BCUT2D eigenvalue weighted by molar-refractivity contribution is 6.02. The van der Waals surface area contributed by atoms with Gasteiger partial charge in [-0.25, -0.2) is 4.79 Å². The summed E-state index contributed by atoms with van der Waals surface area (Å²) in [5, 5.41) is 2.02. The maximum absolute atomic E-state index is 12.3. The third-order valence-corrected chi connectivity index (χ3v) is 4.85. The minimum atomic E-state index is -0.229. The molecule has 0 bridgehead atoms. The predicted molar refractivity (Wildman–Crippen MR) is 101 cm³/mol. The van der Waals surface area contributed by atoms with Gasteiger partial charge in [0.25, 0.3) is 0 Å². The van der Waals surface area contributed by atoms with E-state index in [9.17, 15) is 4.79 Å². The molecule has 2 aromatic heterocycles. The lowest BCUT2D eigenvalue weighted by Crippen LogP contribution is -2.10. The number of fused-ring (bicyclic) bond motifs is 2. The van der Waals surface area contributed by atoms with E-state index in [1.54, 1.807) is 6.26 Å². The Kier molecular flexibility index (Phi) is 3.92. The fourth-order valence-electron chi connectivity index (χ4n) is 3.39. The van der Waals surface area contributed by atoms with E-state index in [1.807, 2.05) is 31.2 Å². The zero-order valence-corrected chi connectivity index (χ0v) is 14.5. The number of hydrogen-bond donors (Lipinski definition) is 0. The van der Waals surface area contributed by atoms with E-state index in [0.717, 1.165) is 57.9 Å². The smallest absolute Gasteiger partial charge is 0.339 e. The Morgan fingerprint density at radius 1 is 1.00 bits per heavy atom. The lowest BCUT2D eigenvalue weighted by Gasteiger charge is -2.08. The third kappa shape index (κ3) is 2.66. The third-order valence-electron chi connectivity index (χ3n) is 4.85. The number of furan rings is 1. The van der Waals surface area contributed by atoms with Gasteiger partial charge in [0.2, 0.25) is 0 Å². The topological polar surface area (TPSA) is 43.4 Å². The Labute approximate surface area is 145 Å². The summed E-state index contributed by atoms with van der Waals surface area (Å²) in [6.07, 6.45) is 4.57. The second-order valence-corrected chi connectivity index (χ2v) is 6.46. The van der Waals surface area contributed by atoms with Crippen molar-refractivity contribution < 1.29 is 8.83 Å². The van der Waals surface area contributed by atoms with Crippen molar-refractivity contribution in [1.29, 1.82) is 0 Å². The van der Waals surface area contributed by atoms with Crippen LogP contribution in [0.4, 0.5) is 0 Å². The summed E-state index contributed by atoms with van der Waals surface area (Å²) in [4.78, 5) is 12.3. The van der Waals surface area contributed by atoms with E-state index in [1.165, 1.54) is 0 Å². The van der Waals surface area contributed by atoms with Crippen molar-refractivity contribution in [2.45, 2.75) is 33.1 Å². The Bertz CT molecular complexity index is 1100. The van der Waals surface area contributed by atoms with Crippen LogP contribution in [0.25, 0.3) is 33.1 Å². The van der Waals surface area contributed by atoms with Gasteiger partial charge in [0, 0.05) is 28.0 Å². The molecule has 4 aromatic rings. The molecule has 4 rings (SSSR count). The van der Waals surface area contributed by atoms with Gasteiger partial charge in [-0.2, -0.15) is 0 Å². The first-order valence-corrected chi connectivity index (χ1v) is 8.72. The average Bonchev–Trinajstić information content (AvgIpc) is 3.04. The summed E-state index contributed by atoms with van der Waals surface area (Å²) in [5.41, 5.74) is 5.06. The lowest BCUT2D eigenvalue weighted by atomic mass is 9.98. The van der Waals surface area contributed by atoms with Gasteiger partial charge in [-0.3, -0.25) is 0 Å². The van der Waals surface area contributed by atoms with E-state index in [0.29, 0.717) is 5.58 Å². The summed E-state index contributed by atoms with van der Waals surface area (Å²) >= 11 is 0. The number of benzene rings is 2. The fraction of sp³-hybridized carbons (Fsp3) is 0.227. The van der Waals surface area contributed by atoms with Crippen molar-refractivity contribution in [3.63, 3.8) is 0 Å². The molecule has 3 nitrogen and oxygen atoms in total. The standard InChI is InChI=1S/C22H20O3/c1-3-4-10-16-14(2)17-11-18-19(15-8-6-5-7-9-15)13-24-20(18)12-21(17)25-22(16)23/h5-9,11-13H,3-4,10H2,1-2H3. The molecule has 0 atom stereocenters. The van der Waals surface area contributed by atoms with E-state index >= 15 is 0 Å². The maximum Gasteiger partial charge on any atom is 0.339 e. The lowest BCUT2D eigenvalue weighted by molar-refractivity contribution is 0.544. The maximum atomic E-state index is 12.3. The normalized spacial score (nSPS) is 11.4. The Hall–Kier alpha value is -2.81. The molecular weight excluding hydrogens is 312 g/mol. The van der Waals surface area contributed by atoms with Gasteiger partial charge >= 0.3 is 5.63 Å². The molecule has 0 fully saturated rings. The molecule has 0 aliphatic heterocycles. The molecule has 0 N–H and O–H groups in total. The second kappa shape index (κ2) is 6.25. The van der Waals surface area contributed by atoms with Crippen LogP contribution in [0, 0.1) is 6.92 Å². The van der Waals surface area contributed by atoms with Gasteiger partial charge in [0.1, 0.15) is 11.2 Å².